The number of alkyl halides is 1. The zero-order valence-corrected chi connectivity index (χ0v) is 12.5. The number of hydrogen-bond acceptors (Lipinski definition) is 2. The molecule has 0 N–H and O–H groups in total. The van der Waals surface area contributed by atoms with Gasteiger partial charge in [-0.05, 0) is 6.07 Å². The molecule has 92 valence electrons. The van der Waals surface area contributed by atoms with Gasteiger partial charge in [0.05, 0.1) is 15.9 Å². The van der Waals surface area contributed by atoms with E-state index in [9.17, 15) is 0 Å². The van der Waals surface area contributed by atoms with Gasteiger partial charge in [0.15, 0.2) is 0 Å². The molecule has 0 unspecified atom stereocenters. The molecule has 4 aromatic rings. The van der Waals surface area contributed by atoms with Crippen LogP contribution in [0.25, 0.3) is 31.1 Å². The van der Waals surface area contributed by atoms with Crippen LogP contribution in [-0.4, -0.2) is 4.98 Å². The molecule has 0 amide bonds. The van der Waals surface area contributed by atoms with Crippen molar-refractivity contribution < 1.29 is 0 Å². The summed E-state index contributed by atoms with van der Waals surface area (Å²) in [5.41, 5.74) is 2.25. The van der Waals surface area contributed by atoms with E-state index in [2.05, 4.69) is 64.5 Å². The second kappa shape index (κ2) is 4.29. The summed E-state index contributed by atoms with van der Waals surface area (Å²) in [6.45, 7) is 0. The first-order chi connectivity index (χ1) is 9.38. The summed E-state index contributed by atoms with van der Waals surface area (Å²) in [4.78, 5) is 4.87. The van der Waals surface area contributed by atoms with Crippen molar-refractivity contribution in [2.75, 3.05) is 0 Å². The number of thiophene rings is 1. The van der Waals surface area contributed by atoms with Crippen LogP contribution in [0, 0.1) is 0 Å². The lowest BCUT2D eigenvalue weighted by molar-refractivity contribution is 1.28. The van der Waals surface area contributed by atoms with Crippen LogP contribution < -0.4 is 0 Å². The predicted molar refractivity (Wildman–Crippen MR) is 87.3 cm³/mol. The van der Waals surface area contributed by atoms with E-state index in [4.69, 9.17) is 4.98 Å². The lowest BCUT2D eigenvalue weighted by Gasteiger charge is -2.04. The van der Waals surface area contributed by atoms with Gasteiger partial charge in [0, 0.05) is 26.2 Å². The first-order valence-electron chi connectivity index (χ1n) is 6.13. The van der Waals surface area contributed by atoms with E-state index in [1.54, 1.807) is 0 Å². The quantitative estimate of drug-likeness (QED) is 0.421. The van der Waals surface area contributed by atoms with E-state index in [1.165, 1.54) is 25.6 Å². The predicted octanol–water partition coefficient (Wildman–Crippen LogP) is 5.50. The molecule has 0 aliphatic rings. The van der Waals surface area contributed by atoms with E-state index in [0.717, 1.165) is 16.5 Å². The molecule has 0 radical (unpaired) electrons. The maximum absolute atomic E-state index is 4.87. The summed E-state index contributed by atoms with van der Waals surface area (Å²) in [6.07, 6.45) is 0. The summed E-state index contributed by atoms with van der Waals surface area (Å²) in [6, 6.07) is 17.0. The molecule has 2 heterocycles. The van der Waals surface area contributed by atoms with Crippen molar-refractivity contribution in [3.63, 3.8) is 0 Å². The van der Waals surface area contributed by atoms with E-state index >= 15 is 0 Å². The van der Waals surface area contributed by atoms with E-state index in [1.807, 2.05) is 11.3 Å². The van der Waals surface area contributed by atoms with Crippen LogP contribution in [0.15, 0.2) is 48.5 Å². The third-order valence-electron chi connectivity index (χ3n) is 3.43. The van der Waals surface area contributed by atoms with Gasteiger partial charge in [-0.15, -0.1) is 11.3 Å². The number of benzene rings is 2. The first kappa shape index (κ1) is 11.4. The molecule has 0 saturated carbocycles. The standard InChI is InChI=1S/C16H10BrNS/c17-9-13-10-5-1-2-6-11(10)16-15(18-13)12-7-3-4-8-14(12)19-16/h1-8H,9H2. The van der Waals surface area contributed by atoms with Crippen LogP contribution in [0.5, 0.6) is 0 Å². The Labute approximate surface area is 123 Å². The fraction of sp³-hybridized carbons (Fsp3) is 0.0625. The number of rotatable bonds is 1. The van der Waals surface area contributed by atoms with Crippen molar-refractivity contribution in [1.29, 1.82) is 0 Å². The van der Waals surface area contributed by atoms with Crippen molar-refractivity contribution in [1.82, 2.24) is 4.98 Å². The molecule has 3 heteroatoms. The zero-order chi connectivity index (χ0) is 12.8. The van der Waals surface area contributed by atoms with Crippen molar-refractivity contribution in [2.45, 2.75) is 5.33 Å². The summed E-state index contributed by atoms with van der Waals surface area (Å²) >= 11 is 5.39. The Kier molecular flexibility index (Phi) is 2.57. The molecular weight excluding hydrogens is 318 g/mol. The molecule has 0 saturated heterocycles. The lowest BCUT2D eigenvalue weighted by Crippen LogP contribution is -1.88. The fourth-order valence-corrected chi connectivity index (χ4v) is 4.16. The SMILES string of the molecule is BrCc1nc2c3ccccc3sc2c2ccccc12. The zero-order valence-electron chi connectivity index (χ0n) is 10.1. The first-order valence-corrected chi connectivity index (χ1v) is 8.07. The minimum atomic E-state index is 0.785. The highest BCUT2D eigenvalue weighted by atomic mass is 79.9. The van der Waals surface area contributed by atoms with Crippen molar-refractivity contribution in [2.24, 2.45) is 0 Å². The van der Waals surface area contributed by atoms with Crippen LogP contribution in [0.1, 0.15) is 5.69 Å². The molecule has 2 aromatic carbocycles. The number of hydrogen-bond donors (Lipinski definition) is 0. The summed E-state index contributed by atoms with van der Waals surface area (Å²) in [5, 5.41) is 4.60. The van der Waals surface area contributed by atoms with Gasteiger partial charge in [-0.25, -0.2) is 4.98 Å². The fourth-order valence-electron chi connectivity index (χ4n) is 2.56. The Hall–Kier alpha value is -1.45. The molecule has 1 nitrogen and oxygen atoms in total. The third kappa shape index (κ3) is 1.62. The van der Waals surface area contributed by atoms with Crippen LogP contribution in [0.4, 0.5) is 0 Å². The van der Waals surface area contributed by atoms with Crippen molar-refractivity contribution >= 4 is 58.3 Å². The molecule has 0 aliphatic heterocycles. The highest BCUT2D eigenvalue weighted by molar-refractivity contribution is 9.08. The number of aromatic nitrogens is 1. The molecule has 19 heavy (non-hydrogen) atoms. The molecule has 0 bridgehead atoms. The molecule has 2 aromatic heterocycles. The third-order valence-corrected chi connectivity index (χ3v) is 5.15. The van der Waals surface area contributed by atoms with Gasteiger partial charge in [-0.1, -0.05) is 58.4 Å². The molecule has 0 aliphatic carbocycles. The van der Waals surface area contributed by atoms with Crippen LogP contribution in [-0.2, 0) is 5.33 Å². The van der Waals surface area contributed by atoms with Gasteiger partial charge in [0.1, 0.15) is 0 Å². The van der Waals surface area contributed by atoms with Gasteiger partial charge in [0.2, 0.25) is 0 Å². The second-order valence-electron chi connectivity index (χ2n) is 4.51. The van der Waals surface area contributed by atoms with Gasteiger partial charge in [0.25, 0.3) is 0 Å². The monoisotopic (exact) mass is 327 g/mol. The Morgan fingerprint density at radius 2 is 1.58 bits per heavy atom. The average molecular weight is 328 g/mol. The average Bonchev–Trinajstić information content (AvgIpc) is 2.85. The number of halogens is 1. The normalized spacial score (nSPS) is 11.6. The van der Waals surface area contributed by atoms with Crippen molar-refractivity contribution in [3.8, 4) is 0 Å². The van der Waals surface area contributed by atoms with E-state index < -0.39 is 0 Å². The van der Waals surface area contributed by atoms with Gasteiger partial charge in [-0.2, -0.15) is 0 Å². The number of nitrogens with zero attached hydrogens (tertiary/aromatic N) is 1. The van der Waals surface area contributed by atoms with Gasteiger partial charge < -0.3 is 0 Å². The largest absolute Gasteiger partial charge is 0.250 e. The lowest BCUT2D eigenvalue weighted by atomic mass is 10.1. The van der Waals surface area contributed by atoms with Crippen molar-refractivity contribution in [3.05, 3.63) is 54.2 Å². The highest BCUT2D eigenvalue weighted by Crippen LogP contribution is 2.38. The second-order valence-corrected chi connectivity index (χ2v) is 6.13. The van der Waals surface area contributed by atoms with Gasteiger partial charge in [-0.3, -0.25) is 0 Å². The Morgan fingerprint density at radius 3 is 2.37 bits per heavy atom. The van der Waals surface area contributed by atoms with E-state index in [-0.39, 0.29) is 0 Å². The topological polar surface area (TPSA) is 12.9 Å². The molecule has 4 rings (SSSR count). The molecule has 0 spiro atoms. The maximum atomic E-state index is 4.87. The van der Waals surface area contributed by atoms with Gasteiger partial charge >= 0.3 is 0 Å². The highest BCUT2D eigenvalue weighted by Gasteiger charge is 2.12. The summed E-state index contributed by atoms with van der Waals surface area (Å²) in [7, 11) is 0. The van der Waals surface area contributed by atoms with E-state index in [0.29, 0.717) is 0 Å². The minimum absolute atomic E-state index is 0.785. The maximum Gasteiger partial charge on any atom is 0.0898 e. The van der Waals surface area contributed by atoms with Crippen LogP contribution >= 0.6 is 27.3 Å². The summed E-state index contributed by atoms with van der Waals surface area (Å²) in [5.74, 6) is 0. The Bertz CT molecular complexity index is 910. The summed E-state index contributed by atoms with van der Waals surface area (Å²) < 4.78 is 2.60. The molecule has 0 fully saturated rings. The number of fused-ring (bicyclic) bond motifs is 5. The molecule has 0 atom stereocenters. The number of pyridine rings is 1. The Balaban J connectivity index is 2.32. The molecular formula is C16H10BrNS. The Morgan fingerprint density at radius 1 is 0.895 bits per heavy atom. The van der Waals surface area contributed by atoms with Crippen LogP contribution in [0.2, 0.25) is 0 Å². The van der Waals surface area contributed by atoms with Crippen LogP contribution in [0.3, 0.4) is 0 Å². The minimum Gasteiger partial charge on any atom is -0.250 e. The smallest absolute Gasteiger partial charge is 0.0898 e.